The minimum absolute atomic E-state index is 0.163. The lowest BCUT2D eigenvalue weighted by Crippen LogP contribution is -2.45. The highest BCUT2D eigenvalue weighted by atomic mass is 35.5. The molecule has 0 saturated heterocycles. The molecule has 0 atom stereocenters. The van der Waals surface area contributed by atoms with Crippen LogP contribution in [0.4, 0.5) is 5.69 Å². The van der Waals surface area contributed by atoms with E-state index in [4.69, 9.17) is 23.2 Å². The summed E-state index contributed by atoms with van der Waals surface area (Å²) in [6, 6.07) is 12.3. The first-order valence-corrected chi connectivity index (χ1v) is 7.68. The Morgan fingerprint density at radius 2 is 1.83 bits per heavy atom. The molecule has 0 aliphatic carbocycles. The molecule has 0 radical (unpaired) electrons. The van der Waals surface area contributed by atoms with Crippen LogP contribution >= 0.6 is 11.6 Å². The second kappa shape index (κ2) is 7.81. The summed E-state index contributed by atoms with van der Waals surface area (Å²) in [7, 11) is 0. The van der Waals surface area contributed by atoms with Crippen LogP contribution in [0.5, 0.6) is 0 Å². The number of aryl methyl sites for hydroxylation is 1. The number of benzene rings is 2. The highest BCUT2D eigenvalue weighted by Gasteiger charge is 2.18. The van der Waals surface area contributed by atoms with E-state index in [1.807, 2.05) is 31.2 Å². The Hall–Kier alpha value is -2.57. The van der Waals surface area contributed by atoms with Gasteiger partial charge in [-0.3, -0.25) is 14.6 Å². The van der Waals surface area contributed by atoms with E-state index in [-0.39, 0.29) is 23.7 Å². The fraction of sp³-hybridized carbons (Fsp3) is 0.176. The van der Waals surface area contributed by atoms with Gasteiger partial charge in [0, 0.05) is 17.3 Å². The molecule has 0 saturated carbocycles. The van der Waals surface area contributed by atoms with E-state index >= 15 is 0 Å². The normalized spacial score (nSPS) is 10.3. The third kappa shape index (κ3) is 4.71. The molecule has 2 amide bonds. The lowest BCUT2D eigenvalue weighted by molar-refractivity contribution is -0.122. The van der Waals surface area contributed by atoms with Crippen LogP contribution in [0.15, 0.2) is 42.5 Å². The van der Waals surface area contributed by atoms with Crippen molar-refractivity contribution in [2.24, 2.45) is 5.84 Å². The summed E-state index contributed by atoms with van der Waals surface area (Å²) < 4.78 is 0. The molecule has 0 aliphatic rings. The van der Waals surface area contributed by atoms with E-state index in [9.17, 15) is 9.59 Å². The van der Waals surface area contributed by atoms with Crippen LogP contribution in [-0.2, 0) is 11.3 Å². The smallest absolute Gasteiger partial charge is 0.270 e. The summed E-state index contributed by atoms with van der Waals surface area (Å²) in [5.41, 5.74) is 8.26. The molecule has 0 fully saturated rings. The van der Waals surface area contributed by atoms with Crippen LogP contribution in [0.2, 0.25) is 5.02 Å². The van der Waals surface area contributed by atoms with Crippen molar-refractivity contribution in [1.29, 1.82) is 0 Å². The fourth-order valence-electron chi connectivity index (χ4n) is 2.06. The Morgan fingerprint density at radius 1 is 1.17 bits per heavy atom. The lowest BCUT2D eigenvalue weighted by atomic mass is 10.1. The molecule has 0 aromatic heterocycles. The van der Waals surface area contributed by atoms with Crippen molar-refractivity contribution in [2.75, 3.05) is 12.3 Å². The maximum Gasteiger partial charge on any atom is 0.270 e. The Morgan fingerprint density at radius 3 is 2.50 bits per heavy atom. The maximum atomic E-state index is 12.2. The summed E-state index contributed by atoms with van der Waals surface area (Å²) in [5.74, 6) is 4.74. The van der Waals surface area contributed by atoms with Gasteiger partial charge in [-0.2, -0.15) is 0 Å². The van der Waals surface area contributed by atoms with E-state index in [0.717, 1.165) is 16.1 Å². The molecule has 2 rings (SSSR count). The van der Waals surface area contributed by atoms with Gasteiger partial charge in [0.2, 0.25) is 5.91 Å². The van der Waals surface area contributed by atoms with Crippen LogP contribution < -0.4 is 16.9 Å². The Labute approximate surface area is 145 Å². The number of hydrogen-bond donors (Lipinski definition) is 3. The van der Waals surface area contributed by atoms with Gasteiger partial charge in [-0.25, -0.2) is 5.84 Å². The van der Waals surface area contributed by atoms with Gasteiger partial charge in [-0.15, -0.1) is 0 Å². The van der Waals surface area contributed by atoms with Gasteiger partial charge in [-0.05, 0) is 30.7 Å². The van der Waals surface area contributed by atoms with Crippen molar-refractivity contribution < 1.29 is 9.59 Å². The molecule has 5 N–H and O–H groups in total. The quantitative estimate of drug-likeness (QED) is 0.333. The number of carbonyl (C=O) groups excluding carboxylic acids is 2. The third-order valence-corrected chi connectivity index (χ3v) is 3.67. The average Bonchev–Trinajstić information content (AvgIpc) is 2.56. The number of nitrogen functional groups attached to an aromatic ring is 1. The van der Waals surface area contributed by atoms with E-state index in [1.54, 1.807) is 6.07 Å². The van der Waals surface area contributed by atoms with Crippen LogP contribution in [0.1, 0.15) is 21.5 Å². The summed E-state index contributed by atoms with van der Waals surface area (Å²) in [6.07, 6.45) is 0. The third-order valence-electron chi connectivity index (χ3n) is 3.43. The van der Waals surface area contributed by atoms with E-state index < -0.39 is 5.91 Å². The number of rotatable bonds is 5. The van der Waals surface area contributed by atoms with Gasteiger partial charge >= 0.3 is 0 Å². The molecule has 0 bridgehead atoms. The number of nitrogens with one attached hydrogen (secondary N) is 1. The van der Waals surface area contributed by atoms with Gasteiger partial charge in [0.05, 0.1) is 5.56 Å². The van der Waals surface area contributed by atoms with Gasteiger partial charge in [0.15, 0.2) is 0 Å². The standard InChI is InChI=1S/C17H19ClN4O2/c1-11-2-4-12(5-3-11)9-21-16(23)10-22(20)17(24)14-8-13(18)6-7-15(14)19/h2-8H,9-10,19-20H2,1H3,(H,21,23). The summed E-state index contributed by atoms with van der Waals surface area (Å²) in [4.78, 5) is 24.2. The monoisotopic (exact) mass is 346 g/mol. The molecule has 2 aromatic rings. The highest BCUT2D eigenvalue weighted by Crippen LogP contribution is 2.18. The van der Waals surface area contributed by atoms with Crippen molar-refractivity contribution >= 4 is 29.1 Å². The summed E-state index contributed by atoms with van der Waals surface area (Å²) >= 11 is 5.85. The van der Waals surface area contributed by atoms with Crippen LogP contribution in [0.3, 0.4) is 0 Å². The minimum Gasteiger partial charge on any atom is -0.398 e. The van der Waals surface area contributed by atoms with Crippen LogP contribution in [-0.4, -0.2) is 23.4 Å². The number of anilines is 1. The van der Waals surface area contributed by atoms with Gasteiger partial charge in [0.25, 0.3) is 5.91 Å². The SMILES string of the molecule is Cc1ccc(CNC(=O)CN(N)C(=O)c2cc(Cl)ccc2N)cc1. The second-order valence-electron chi connectivity index (χ2n) is 5.43. The molecule has 0 heterocycles. The number of nitrogens with two attached hydrogens (primary N) is 2. The first kappa shape index (κ1) is 17.8. The molecule has 2 aromatic carbocycles. The number of nitrogens with zero attached hydrogens (tertiary/aromatic N) is 1. The number of halogens is 1. The molecule has 0 spiro atoms. The molecule has 0 aliphatic heterocycles. The van der Waals surface area contributed by atoms with Gasteiger partial charge in [0.1, 0.15) is 6.54 Å². The van der Waals surface area contributed by atoms with Crippen molar-refractivity contribution in [3.05, 3.63) is 64.2 Å². The summed E-state index contributed by atoms with van der Waals surface area (Å²) in [6.45, 7) is 2.07. The van der Waals surface area contributed by atoms with E-state index in [2.05, 4.69) is 5.32 Å². The van der Waals surface area contributed by atoms with Crippen LogP contribution in [0, 0.1) is 6.92 Å². The van der Waals surface area contributed by atoms with E-state index in [0.29, 0.717) is 11.6 Å². The maximum absolute atomic E-state index is 12.2. The van der Waals surface area contributed by atoms with Crippen molar-refractivity contribution in [3.63, 3.8) is 0 Å². The van der Waals surface area contributed by atoms with E-state index in [1.165, 1.54) is 12.1 Å². The molecule has 0 unspecified atom stereocenters. The van der Waals surface area contributed by atoms with Crippen molar-refractivity contribution in [3.8, 4) is 0 Å². The first-order chi connectivity index (χ1) is 11.4. The number of amides is 2. The zero-order chi connectivity index (χ0) is 17.7. The number of carbonyl (C=O) groups is 2. The number of hydrazine groups is 1. The van der Waals surface area contributed by atoms with Gasteiger partial charge in [-0.1, -0.05) is 41.4 Å². The fourth-order valence-corrected chi connectivity index (χ4v) is 2.23. The molecule has 7 heteroatoms. The Balaban J connectivity index is 1.92. The summed E-state index contributed by atoms with van der Waals surface area (Å²) in [5, 5.41) is 3.89. The molecular formula is C17H19ClN4O2. The number of hydrogen-bond acceptors (Lipinski definition) is 4. The molecular weight excluding hydrogens is 328 g/mol. The minimum atomic E-state index is -0.569. The Bertz CT molecular complexity index is 747. The zero-order valence-electron chi connectivity index (χ0n) is 13.3. The highest BCUT2D eigenvalue weighted by molar-refractivity contribution is 6.31. The zero-order valence-corrected chi connectivity index (χ0v) is 14.0. The van der Waals surface area contributed by atoms with Gasteiger partial charge < -0.3 is 11.1 Å². The largest absolute Gasteiger partial charge is 0.398 e. The van der Waals surface area contributed by atoms with Crippen molar-refractivity contribution in [1.82, 2.24) is 10.3 Å². The molecule has 6 nitrogen and oxygen atoms in total. The molecule has 24 heavy (non-hydrogen) atoms. The van der Waals surface area contributed by atoms with Crippen LogP contribution in [0.25, 0.3) is 0 Å². The molecule has 126 valence electrons. The first-order valence-electron chi connectivity index (χ1n) is 7.30. The van der Waals surface area contributed by atoms with Crippen molar-refractivity contribution in [2.45, 2.75) is 13.5 Å². The second-order valence-corrected chi connectivity index (χ2v) is 5.86. The Kier molecular flexibility index (Phi) is 5.78. The topological polar surface area (TPSA) is 101 Å². The predicted molar refractivity (Wildman–Crippen MR) is 94.1 cm³/mol. The average molecular weight is 347 g/mol. The predicted octanol–water partition coefficient (Wildman–Crippen LogP) is 1.86. The lowest BCUT2D eigenvalue weighted by Gasteiger charge is -2.17.